The van der Waals surface area contributed by atoms with E-state index in [1.54, 1.807) is 49.7 Å². The zero-order valence-corrected chi connectivity index (χ0v) is 19.4. The molecule has 9 heteroatoms. The average Bonchev–Trinajstić information content (AvgIpc) is 3.40. The molecule has 3 heterocycles. The SMILES string of the molecule is CCOC(=O)c1c(Cn2cnnc2)nc2sc(C)c(C)c2c1-c1ccc(OC)c(OC)c1. The van der Waals surface area contributed by atoms with Crippen molar-refractivity contribution in [2.75, 3.05) is 20.8 Å². The minimum atomic E-state index is -0.419. The number of pyridine rings is 1. The number of ether oxygens (including phenoxy) is 3. The molecule has 0 spiro atoms. The quantitative estimate of drug-likeness (QED) is 0.384. The Hall–Kier alpha value is -3.46. The van der Waals surface area contributed by atoms with Crippen LogP contribution in [0.4, 0.5) is 0 Å². The lowest BCUT2D eigenvalue weighted by atomic mass is 9.93. The second-order valence-corrected chi connectivity index (χ2v) is 8.40. The van der Waals surface area contributed by atoms with Crippen LogP contribution in [0.1, 0.15) is 33.4 Å². The number of hydrogen-bond donors (Lipinski definition) is 0. The van der Waals surface area contributed by atoms with Crippen molar-refractivity contribution < 1.29 is 19.0 Å². The molecule has 0 amide bonds. The van der Waals surface area contributed by atoms with E-state index in [0.29, 0.717) is 29.3 Å². The molecule has 0 N–H and O–H groups in total. The third-order valence-corrected chi connectivity index (χ3v) is 6.44. The van der Waals surface area contributed by atoms with Gasteiger partial charge < -0.3 is 18.8 Å². The summed E-state index contributed by atoms with van der Waals surface area (Å²) >= 11 is 1.61. The average molecular weight is 453 g/mol. The summed E-state index contributed by atoms with van der Waals surface area (Å²) in [4.78, 5) is 20.2. The number of nitrogens with zero attached hydrogens (tertiary/aromatic N) is 4. The van der Waals surface area contributed by atoms with E-state index >= 15 is 0 Å². The molecule has 0 aliphatic rings. The summed E-state index contributed by atoms with van der Waals surface area (Å²) in [5.74, 6) is 0.773. The molecule has 1 aromatic carbocycles. The molecule has 0 radical (unpaired) electrons. The van der Waals surface area contributed by atoms with Crippen molar-refractivity contribution in [1.29, 1.82) is 0 Å². The minimum absolute atomic E-state index is 0.260. The molecule has 4 aromatic rings. The number of rotatable bonds is 7. The molecule has 32 heavy (non-hydrogen) atoms. The van der Waals surface area contributed by atoms with E-state index in [1.165, 1.54) is 0 Å². The van der Waals surface area contributed by atoms with Gasteiger partial charge in [-0.15, -0.1) is 21.5 Å². The highest BCUT2D eigenvalue weighted by Crippen LogP contribution is 2.42. The van der Waals surface area contributed by atoms with Gasteiger partial charge >= 0.3 is 5.97 Å². The molecule has 0 aliphatic heterocycles. The van der Waals surface area contributed by atoms with E-state index in [1.807, 2.05) is 18.2 Å². The summed E-state index contributed by atoms with van der Waals surface area (Å²) in [6, 6.07) is 5.64. The van der Waals surface area contributed by atoms with Crippen LogP contribution in [0.25, 0.3) is 21.3 Å². The van der Waals surface area contributed by atoms with Crippen LogP contribution < -0.4 is 9.47 Å². The molecule has 0 saturated heterocycles. The Morgan fingerprint density at radius 3 is 2.47 bits per heavy atom. The molecule has 0 bridgehead atoms. The van der Waals surface area contributed by atoms with Gasteiger partial charge in [-0.05, 0) is 44.0 Å². The molecule has 0 unspecified atom stereocenters. The number of fused-ring (bicyclic) bond motifs is 1. The Kier molecular flexibility index (Phi) is 6.09. The fourth-order valence-corrected chi connectivity index (χ4v) is 4.78. The minimum Gasteiger partial charge on any atom is -0.493 e. The van der Waals surface area contributed by atoms with Crippen molar-refractivity contribution in [3.05, 3.63) is 52.6 Å². The number of methoxy groups -OCH3 is 2. The summed E-state index contributed by atoms with van der Waals surface area (Å²) in [6.07, 6.45) is 3.20. The van der Waals surface area contributed by atoms with Crippen molar-refractivity contribution in [3.63, 3.8) is 0 Å². The van der Waals surface area contributed by atoms with Gasteiger partial charge in [-0.3, -0.25) is 0 Å². The summed E-state index contributed by atoms with van der Waals surface area (Å²) in [5.41, 5.74) is 3.72. The van der Waals surface area contributed by atoms with Crippen molar-refractivity contribution >= 4 is 27.5 Å². The lowest BCUT2D eigenvalue weighted by Crippen LogP contribution is -2.14. The lowest BCUT2D eigenvalue weighted by molar-refractivity contribution is 0.0525. The summed E-state index contributed by atoms with van der Waals surface area (Å²) in [7, 11) is 3.18. The first kappa shape index (κ1) is 21.8. The van der Waals surface area contributed by atoms with Crippen LogP contribution in [-0.4, -0.2) is 46.5 Å². The van der Waals surface area contributed by atoms with Gasteiger partial charge in [-0.2, -0.15) is 0 Å². The van der Waals surface area contributed by atoms with Crippen LogP contribution in [0.2, 0.25) is 0 Å². The van der Waals surface area contributed by atoms with E-state index in [4.69, 9.17) is 19.2 Å². The highest BCUT2D eigenvalue weighted by atomic mass is 32.1. The molecule has 8 nitrogen and oxygen atoms in total. The van der Waals surface area contributed by atoms with Gasteiger partial charge in [-0.25, -0.2) is 9.78 Å². The molecule has 3 aromatic heterocycles. The van der Waals surface area contributed by atoms with Gasteiger partial charge in [0.1, 0.15) is 17.5 Å². The zero-order valence-electron chi connectivity index (χ0n) is 18.6. The fraction of sp³-hybridized carbons (Fsp3) is 0.304. The maximum Gasteiger partial charge on any atom is 0.340 e. The number of esters is 1. The van der Waals surface area contributed by atoms with Crippen LogP contribution in [0.3, 0.4) is 0 Å². The summed E-state index contributed by atoms with van der Waals surface area (Å²) < 4.78 is 18.2. The standard InChI is InChI=1S/C23H24N4O4S/c1-6-31-23(28)21-16(10-27-11-24-25-12-27)26-22-19(13(2)14(3)32-22)20(21)15-7-8-17(29-4)18(9-15)30-5/h7-9,11-12H,6,10H2,1-5H3. The zero-order chi connectivity index (χ0) is 22.8. The Bertz CT molecular complexity index is 1280. The largest absolute Gasteiger partial charge is 0.493 e. The van der Waals surface area contributed by atoms with Crippen LogP contribution in [-0.2, 0) is 11.3 Å². The second kappa shape index (κ2) is 8.96. The Balaban J connectivity index is 2.08. The maximum atomic E-state index is 13.3. The van der Waals surface area contributed by atoms with Crippen LogP contribution >= 0.6 is 11.3 Å². The Labute approximate surface area is 189 Å². The van der Waals surface area contributed by atoms with Gasteiger partial charge in [0.25, 0.3) is 0 Å². The Morgan fingerprint density at radius 1 is 1.09 bits per heavy atom. The van der Waals surface area contributed by atoms with E-state index in [-0.39, 0.29) is 6.61 Å². The molecule has 0 fully saturated rings. The summed E-state index contributed by atoms with van der Waals surface area (Å²) in [6.45, 7) is 6.50. The number of hydrogen-bond acceptors (Lipinski definition) is 8. The molecule has 4 rings (SSSR count). The third kappa shape index (κ3) is 3.80. The third-order valence-electron chi connectivity index (χ3n) is 5.34. The number of carbonyl (C=O) groups is 1. The highest BCUT2D eigenvalue weighted by Gasteiger charge is 2.27. The van der Waals surface area contributed by atoms with Crippen molar-refractivity contribution in [3.8, 4) is 22.6 Å². The lowest BCUT2D eigenvalue weighted by Gasteiger charge is -2.17. The monoisotopic (exact) mass is 452 g/mol. The first-order chi connectivity index (χ1) is 15.5. The maximum absolute atomic E-state index is 13.3. The van der Waals surface area contributed by atoms with E-state index in [0.717, 1.165) is 31.8 Å². The molecular formula is C23H24N4O4S. The van der Waals surface area contributed by atoms with Crippen LogP contribution in [0.15, 0.2) is 30.9 Å². The van der Waals surface area contributed by atoms with E-state index in [9.17, 15) is 4.79 Å². The van der Waals surface area contributed by atoms with E-state index < -0.39 is 5.97 Å². The second-order valence-electron chi connectivity index (χ2n) is 7.20. The van der Waals surface area contributed by atoms with Gasteiger partial charge in [0.15, 0.2) is 11.5 Å². The van der Waals surface area contributed by atoms with E-state index in [2.05, 4.69) is 24.0 Å². The van der Waals surface area contributed by atoms with Gasteiger partial charge in [0.05, 0.1) is 38.6 Å². The van der Waals surface area contributed by atoms with Gasteiger partial charge in [0, 0.05) is 15.8 Å². The van der Waals surface area contributed by atoms with Crippen molar-refractivity contribution in [2.45, 2.75) is 27.3 Å². The highest BCUT2D eigenvalue weighted by molar-refractivity contribution is 7.18. The summed E-state index contributed by atoms with van der Waals surface area (Å²) in [5, 5.41) is 8.69. The normalized spacial score (nSPS) is 11.0. The Morgan fingerprint density at radius 2 is 1.81 bits per heavy atom. The van der Waals surface area contributed by atoms with Gasteiger partial charge in [0.2, 0.25) is 0 Å². The molecular weight excluding hydrogens is 428 g/mol. The predicted octanol–water partition coefficient (Wildman–Crippen LogP) is 4.41. The number of carbonyl (C=O) groups excluding carboxylic acids is 1. The van der Waals surface area contributed by atoms with Crippen LogP contribution in [0.5, 0.6) is 11.5 Å². The smallest absolute Gasteiger partial charge is 0.340 e. The van der Waals surface area contributed by atoms with Crippen molar-refractivity contribution in [2.24, 2.45) is 0 Å². The number of aryl methyl sites for hydroxylation is 2. The molecule has 166 valence electrons. The first-order valence-electron chi connectivity index (χ1n) is 10.1. The molecule has 0 saturated carbocycles. The molecule has 0 aliphatic carbocycles. The fourth-order valence-electron chi connectivity index (χ4n) is 3.72. The predicted molar refractivity (Wildman–Crippen MR) is 123 cm³/mol. The van der Waals surface area contributed by atoms with Crippen LogP contribution in [0, 0.1) is 13.8 Å². The number of aromatic nitrogens is 4. The van der Waals surface area contributed by atoms with Crippen molar-refractivity contribution in [1.82, 2.24) is 19.7 Å². The first-order valence-corrected chi connectivity index (χ1v) is 10.9. The number of benzene rings is 1. The topological polar surface area (TPSA) is 88.4 Å². The number of thiophene rings is 1. The molecule has 0 atom stereocenters. The van der Waals surface area contributed by atoms with Gasteiger partial charge in [-0.1, -0.05) is 6.07 Å².